The molecule has 0 fully saturated rings. The van der Waals surface area contributed by atoms with Crippen LogP contribution in [0.1, 0.15) is 24.1 Å². The van der Waals surface area contributed by atoms with Crippen molar-refractivity contribution in [2.45, 2.75) is 19.9 Å². The van der Waals surface area contributed by atoms with Gasteiger partial charge in [-0.2, -0.15) is 5.10 Å². The Balaban J connectivity index is 2.24. The number of hydrogen-bond acceptors (Lipinski definition) is 3. The number of anilines is 1. The van der Waals surface area contributed by atoms with Gasteiger partial charge in [-0.05, 0) is 25.5 Å². The molecular weight excluding hydrogens is 271 g/mol. The highest BCUT2D eigenvalue weighted by Gasteiger charge is 2.13. The Morgan fingerprint density at radius 2 is 2.11 bits per heavy atom. The SMILES string of the molecule is Cc1cc(Cl)nc(Cl)c1NC(C)c1cnn(C)c1. The summed E-state index contributed by atoms with van der Waals surface area (Å²) in [7, 11) is 1.89. The van der Waals surface area contributed by atoms with Gasteiger partial charge in [-0.3, -0.25) is 4.68 Å². The molecule has 0 saturated heterocycles. The lowest BCUT2D eigenvalue weighted by Crippen LogP contribution is -2.08. The Bertz CT molecular complexity index is 542. The number of hydrogen-bond donors (Lipinski definition) is 1. The molecular formula is C12H14Cl2N4. The topological polar surface area (TPSA) is 42.7 Å². The molecule has 1 atom stereocenters. The van der Waals surface area contributed by atoms with Gasteiger partial charge in [0.05, 0.1) is 17.9 Å². The number of aryl methyl sites for hydroxylation is 2. The Labute approximate surface area is 116 Å². The quantitative estimate of drug-likeness (QED) is 0.876. The number of rotatable bonds is 3. The van der Waals surface area contributed by atoms with Gasteiger partial charge in [-0.25, -0.2) is 4.98 Å². The van der Waals surface area contributed by atoms with Crippen molar-refractivity contribution in [3.8, 4) is 0 Å². The van der Waals surface area contributed by atoms with Crippen LogP contribution in [0.4, 0.5) is 5.69 Å². The average molecular weight is 285 g/mol. The van der Waals surface area contributed by atoms with Crippen molar-refractivity contribution in [2.75, 3.05) is 5.32 Å². The maximum absolute atomic E-state index is 6.09. The van der Waals surface area contributed by atoms with Crippen molar-refractivity contribution in [3.63, 3.8) is 0 Å². The van der Waals surface area contributed by atoms with E-state index in [0.717, 1.165) is 16.8 Å². The van der Waals surface area contributed by atoms with E-state index < -0.39 is 0 Å². The van der Waals surface area contributed by atoms with Crippen LogP contribution in [-0.2, 0) is 7.05 Å². The van der Waals surface area contributed by atoms with Crippen molar-refractivity contribution in [1.29, 1.82) is 0 Å². The highest BCUT2D eigenvalue weighted by molar-refractivity contribution is 6.34. The molecule has 6 heteroatoms. The van der Waals surface area contributed by atoms with Crippen molar-refractivity contribution >= 4 is 28.9 Å². The van der Waals surface area contributed by atoms with Crippen LogP contribution in [0.5, 0.6) is 0 Å². The minimum Gasteiger partial charge on any atom is -0.376 e. The summed E-state index contributed by atoms with van der Waals surface area (Å²) >= 11 is 11.9. The van der Waals surface area contributed by atoms with Gasteiger partial charge in [-0.1, -0.05) is 23.2 Å². The third kappa shape index (κ3) is 2.76. The second-order valence-corrected chi connectivity index (χ2v) is 4.99. The van der Waals surface area contributed by atoms with Gasteiger partial charge in [0.2, 0.25) is 0 Å². The van der Waals surface area contributed by atoms with Crippen LogP contribution in [0.3, 0.4) is 0 Å². The van der Waals surface area contributed by atoms with Crippen LogP contribution in [0.15, 0.2) is 18.5 Å². The zero-order chi connectivity index (χ0) is 13.3. The standard InChI is InChI=1S/C12H14Cl2N4/c1-7-4-10(13)17-12(14)11(7)16-8(2)9-5-15-18(3)6-9/h4-6,8,16H,1-3H3. The molecule has 1 N–H and O–H groups in total. The molecule has 0 aliphatic carbocycles. The first-order valence-corrected chi connectivity index (χ1v) is 6.30. The van der Waals surface area contributed by atoms with Crippen LogP contribution < -0.4 is 5.32 Å². The fourth-order valence-electron chi connectivity index (χ4n) is 1.73. The molecule has 4 nitrogen and oxygen atoms in total. The summed E-state index contributed by atoms with van der Waals surface area (Å²) in [4.78, 5) is 4.03. The van der Waals surface area contributed by atoms with Crippen LogP contribution in [0, 0.1) is 6.92 Å². The van der Waals surface area contributed by atoms with Gasteiger partial charge in [-0.15, -0.1) is 0 Å². The van der Waals surface area contributed by atoms with Gasteiger partial charge < -0.3 is 5.32 Å². The Morgan fingerprint density at radius 3 is 2.67 bits per heavy atom. The van der Waals surface area contributed by atoms with Crippen molar-refractivity contribution < 1.29 is 0 Å². The average Bonchev–Trinajstić information content (AvgIpc) is 2.70. The molecule has 96 valence electrons. The van der Waals surface area contributed by atoms with Gasteiger partial charge in [0.1, 0.15) is 5.15 Å². The molecule has 0 aliphatic rings. The molecule has 0 radical (unpaired) electrons. The lowest BCUT2D eigenvalue weighted by Gasteiger charge is -2.16. The van der Waals surface area contributed by atoms with E-state index in [0.29, 0.717) is 10.3 Å². The first kappa shape index (κ1) is 13.2. The van der Waals surface area contributed by atoms with Crippen molar-refractivity contribution in [3.05, 3.63) is 39.9 Å². The summed E-state index contributed by atoms with van der Waals surface area (Å²) in [5.41, 5.74) is 2.86. The third-order valence-corrected chi connectivity index (χ3v) is 3.19. The first-order chi connectivity index (χ1) is 8.47. The molecule has 0 spiro atoms. The Hall–Kier alpha value is -1.26. The summed E-state index contributed by atoms with van der Waals surface area (Å²) in [6.07, 6.45) is 3.79. The second kappa shape index (κ2) is 5.16. The largest absolute Gasteiger partial charge is 0.376 e. The molecule has 18 heavy (non-hydrogen) atoms. The second-order valence-electron chi connectivity index (χ2n) is 4.24. The zero-order valence-electron chi connectivity index (χ0n) is 10.4. The highest BCUT2D eigenvalue weighted by atomic mass is 35.5. The molecule has 0 aromatic carbocycles. The predicted molar refractivity (Wildman–Crippen MR) is 74.2 cm³/mol. The van der Waals surface area contributed by atoms with E-state index >= 15 is 0 Å². The van der Waals surface area contributed by atoms with Crippen LogP contribution in [0.25, 0.3) is 0 Å². The van der Waals surface area contributed by atoms with E-state index in [9.17, 15) is 0 Å². The molecule has 2 rings (SSSR count). The predicted octanol–water partition coefficient (Wildman–Crippen LogP) is 3.60. The smallest absolute Gasteiger partial charge is 0.154 e. The summed E-state index contributed by atoms with van der Waals surface area (Å²) in [5, 5.41) is 8.26. The maximum atomic E-state index is 6.09. The number of halogens is 2. The van der Waals surface area contributed by atoms with Gasteiger partial charge in [0.25, 0.3) is 0 Å². The van der Waals surface area contributed by atoms with Crippen LogP contribution in [0.2, 0.25) is 10.3 Å². The van der Waals surface area contributed by atoms with E-state index in [1.165, 1.54) is 0 Å². The molecule has 0 aliphatic heterocycles. The minimum atomic E-state index is 0.0953. The molecule has 0 saturated carbocycles. The Morgan fingerprint density at radius 1 is 1.39 bits per heavy atom. The van der Waals surface area contributed by atoms with Crippen LogP contribution in [-0.4, -0.2) is 14.8 Å². The Kier molecular flexibility index (Phi) is 3.78. The molecule has 2 heterocycles. The van der Waals surface area contributed by atoms with E-state index in [4.69, 9.17) is 23.2 Å². The van der Waals surface area contributed by atoms with Crippen LogP contribution >= 0.6 is 23.2 Å². The van der Waals surface area contributed by atoms with Gasteiger partial charge in [0, 0.05) is 18.8 Å². The normalized spacial score (nSPS) is 12.5. The summed E-state index contributed by atoms with van der Waals surface area (Å²) < 4.78 is 1.77. The highest BCUT2D eigenvalue weighted by Crippen LogP contribution is 2.29. The van der Waals surface area contributed by atoms with E-state index in [1.54, 1.807) is 10.7 Å². The van der Waals surface area contributed by atoms with E-state index in [-0.39, 0.29) is 6.04 Å². The monoisotopic (exact) mass is 284 g/mol. The van der Waals surface area contributed by atoms with E-state index in [1.807, 2.05) is 33.3 Å². The summed E-state index contributed by atoms with van der Waals surface area (Å²) in [6, 6.07) is 1.88. The molecule has 1 unspecified atom stereocenters. The third-order valence-electron chi connectivity index (χ3n) is 2.73. The van der Waals surface area contributed by atoms with Crippen molar-refractivity contribution in [1.82, 2.24) is 14.8 Å². The lowest BCUT2D eigenvalue weighted by molar-refractivity contribution is 0.765. The number of nitrogens with one attached hydrogen (secondary N) is 1. The van der Waals surface area contributed by atoms with Gasteiger partial charge >= 0.3 is 0 Å². The zero-order valence-corrected chi connectivity index (χ0v) is 11.9. The molecule has 0 bridgehead atoms. The molecule has 2 aromatic rings. The van der Waals surface area contributed by atoms with E-state index in [2.05, 4.69) is 15.4 Å². The number of pyridine rings is 1. The fourth-order valence-corrected chi connectivity index (χ4v) is 2.32. The van der Waals surface area contributed by atoms with Crippen molar-refractivity contribution in [2.24, 2.45) is 7.05 Å². The molecule has 2 aromatic heterocycles. The number of nitrogens with zero attached hydrogens (tertiary/aromatic N) is 3. The lowest BCUT2D eigenvalue weighted by atomic mass is 10.1. The maximum Gasteiger partial charge on any atom is 0.154 e. The number of aromatic nitrogens is 3. The first-order valence-electron chi connectivity index (χ1n) is 5.55. The summed E-state index contributed by atoms with van der Waals surface area (Å²) in [6.45, 7) is 3.99. The molecule has 0 amide bonds. The van der Waals surface area contributed by atoms with Gasteiger partial charge in [0.15, 0.2) is 5.15 Å². The fraction of sp³-hybridized carbons (Fsp3) is 0.333. The minimum absolute atomic E-state index is 0.0953. The summed E-state index contributed by atoms with van der Waals surface area (Å²) in [5.74, 6) is 0.